The van der Waals surface area contributed by atoms with E-state index < -0.39 is 0 Å². The molecule has 0 saturated carbocycles. The van der Waals surface area contributed by atoms with Crippen LogP contribution in [0, 0.1) is 18.6 Å². The van der Waals surface area contributed by atoms with E-state index in [0.29, 0.717) is 11.4 Å². The van der Waals surface area contributed by atoms with E-state index >= 15 is 0 Å². The third-order valence-corrected chi connectivity index (χ3v) is 3.04. The molecule has 0 unspecified atom stereocenters. The molecule has 0 aliphatic rings. The maximum Gasteiger partial charge on any atom is 0.194 e. The number of hydrogen-bond donors (Lipinski definition) is 1. The van der Waals surface area contributed by atoms with E-state index in [1.54, 1.807) is 4.57 Å². The first-order chi connectivity index (χ1) is 8.08. The summed E-state index contributed by atoms with van der Waals surface area (Å²) in [5.74, 6) is 1.68. The highest BCUT2D eigenvalue weighted by Crippen LogP contribution is 2.19. The summed E-state index contributed by atoms with van der Waals surface area (Å²) in [5.41, 5.74) is 2.30. The molecule has 4 nitrogen and oxygen atoms in total. The van der Waals surface area contributed by atoms with Gasteiger partial charge in [-0.05, 0) is 43.3 Å². The minimum absolute atomic E-state index is 0.411. The quantitative estimate of drug-likeness (QED) is 0.850. The molecule has 17 heavy (non-hydrogen) atoms. The number of H-pyrrole nitrogens is 1. The molecule has 90 valence electrons. The summed E-state index contributed by atoms with van der Waals surface area (Å²) >= 11 is 5.04. The zero-order chi connectivity index (χ0) is 12.4. The van der Waals surface area contributed by atoms with Crippen LogP contribution in [0.2, 0.25) is 0 Å². The van der Waals surface area contributed by atoms with Crippen LogP contribution in [0.15, 0.2) is 18.2 Å². The lowest BCUT2D eigenvalue weighted by molar-refractivity contribution is 0.289. The normalized spacial score (nSPS) is 10.5. The number of nitrogens with zero attached hydrogens (tertiary/aromatic N) is 2. The Morgan fingerprint density at radius 3 is 2.82 bits per heavy atom. The average Bonchev–Trinajstić information content (AvgIpc) is 2.62. The molecule has 1 aromatic carbocycles. The first kappa shape index (κ1) is 11.9. The van der Waals surface area contributed by atoms with Gasteiger partial charge in [-0.2, -0.15) is 5.10 Å². The van der Waals surface area contributed by atoms with Crippen LogP contribution < -0.4 is 4.74 Å². The van der Waals surface area contributed by atoms with Crippen LogP contribution in [0.3, 0.4) is 0 Å². The zero-order valence-electron chi connectivity index (χ0n) is 10.2. The molecular formula is C12H15N3OS. The molecule has 0 bridgehead atoms. The highest BCUT2D eigenvalue weighted by Gasteiger charge is 2.05. The maximum absolute atomic E-state index is 5.75. The topological polar surface area (TPSA) is 42.8 Å². The van der Waals surface area contributed by atoms with Crippen molar-refractivity contribution in [2.45, 2.75) is 20.5 Å². The Morgan fingerprint density at radius 1 is 1.41 bits per heavy atom. The van der Waals surface area contributed by atoms with Gasteiger partial charge in [0.15, 0.2) is 10.6 Å². The fourth-order valence-corrected chi connectivity index (χ4v) is 1.66. The summed E-state index contributed by atoms with van der Waals surface area (Å²) in [6.07, 6.45) is 0. The maximum atomic E-state index is 5.75. The van der Waals surface area contributed by atoms with Crippen molar-refractivity contribution in [3.8, 4) is 5.75 Å². The molecule has 0 saturated heterocycles. The van der Waals surface area contributed by atoms with Crippen LogP contribution in [0.4, 0.5) is 0 Å². The van der Waals surface area contributed by atoms with E-state index in [-0.39, 0.29) is 0 Å². The number of rotatable bonds is 3. The Kier molecular flexibility index (Phi) is 3.28. The number of hydrogen-bond acceptors (Lipinski definition) is 3. The lowest BCUT2D eigenvalue weighted by Crippen LogP contribution is -2.04. The van der Waals surface area contributed by atoms with Crippen molar-refractivity contribution >= 4 is 12.2 Å². The van der Waals surface area contributed by atoms with Gasteiger partial charge in [-0.1, -0.05) is 12.1 Å². The second-order valence-corrected chi connectivity index (χ2v) is 4.45. The van der Waals surface area contributed by atoms with Crippen LogP contribution >= 0.6 is 12.2 Å². The number of aromatic amines is 1. The van der Waals surface area contributed by atoms with Gasteiger partial charge in [0, 0.05) is 7.05 Å². The van der Waals surface area contributed by atoms with Gasteiger partial charge in [0.1, 0.15) is 12.4 Å². The van der Waals surface area contributed by atoms with Gasteiger partial charge in [-0.3, -0.25) is 5.10 Å². The number of aryl methyl sites for hydroxylation is 2. The fraction of sp³-hybridized carbons (Fsp3) is 0.333. The van der Waals surface area contributed by atoms with Gasteiger partial charge in [0.25, 0.3) is 0 Å². The van der Waals surface area contributed by atoms with Crippen LogP contribution in [0.25, 0.3) is 0 Å². The van der Waals surface area contributed by atoms with Crippen molar-refractivity contribution in [2.24, 2.45) is 7.05 Å². The minimum Gasteiger partial charge on any atom is -0.485 e. The lowest BCUT2D eigenvalue weighted by atomic mass is 10.1. The number of nitrogens with one attached hydrogen (secondary N) is 1. The van der Waals surface area contributed by atoms with Gasteiger partial charge < -0.3 is 9.30 Å². The predicted molar refractivity (Wildman–Crippen MR) is 68.6 cm³/mol. The minimum atomic E-state index is 0.411. The molecule has 0 amide bonds. The monoisotopic (exact) mass is 249 g/mol. The average molecular weight is 249 g/mol. The second kappa shape index (κ2) is 4.71. The molecule has 2 aromatic rings. The Morgan fingerprint density at radius 2 is 2.18 bits per heavy atom. The molecule has 0 radical (unpaired) electrons. The summed E-state index contributed by atoms with van der Waals surface area (Å²) in [5, 5.41) is 6.84. The second-order valence-electron chi connectivity index (χ2n) is 4.06. The smallest absolute Gasteiger partial charge is 0.194 e. The third-order valence-electron chi connectivity index (χ3n) is 2.67. The van der Waals surface area contributed by atoms with Crippen molar-refractivity contribution in [1.82, 2.24) is 14.8 Å². The third kappa shape index (κ3) is 2.55. The largest absolute Gasteiger partial charge is 0.485 e. The van der Waals surface area contributed by atoms with Gasteiger partial charge in [0.2, 0.25) is 0 Å². The van der Waals surface area contributed by atoms with Crippen LogP contribution in [-0.2, 0) is 13.7 Å². The van der Waals surface area contributed by atoms with E-state index in [1.807, 2.05) is 33.0 Å². The van der Waals surface area contributed by atoms with Gasteiger partial charge in [0.05, 0.1) is 0 Å². The number of ether oxygens (including phenoxy) is 1. The van der Waals surface area contributed by atoms with Crippen LogP contribution in [0.1, 0.15) is 17.0 Å². The van der Waals surface area contributed by atoms with Crippen LogP contribution in [-0.4, -0.2) is 14.8 Å². The molecule has 0 fully saturated rings. The van der Waals surface area contributed by atoms with Crippen molar-refractivity contribution in [3.05, 3.63) is 39.9 Å². The van der Waals surface area contributed by atoms with E-state index in [4.69, 9.17) is 17.0 Å². The number of benzene rings is 1. The van der Waals surface area contributed by atoms with Crippen molar-refractivity contribution < 1.29 is 4.74 Å². The molecular weight excluding hydrogens is 234 g/mol. The Labute approximate surface area is 105 Å². The lowest BCUT2D eigenvalue weighted by Gasteiger charge is -2.09. The summed E-state index contributed by atoms with van der Waals surface area (Å²) in [6, 6.07) is 6.14. The number of aromatic nitrogens is 3. The molecule has 1 heterocycles. The van der Waals surface area contributed by atoms with E-state index in [1.165, 1.54) is 5.56 Å². The molecule has 0 spiro atoms. The van der Waals surface area contributed by atoms with E-state index in [2.05, 4.69) is 16.3 Å². The Balaban J connectivity index is 2.15. The summed E-state index contributed by atoms with van der Waals surface area (Å²) < 4.78 is 8.16. The van der Waals surface area contributed by atoms with Crippen molar-refractivity contribution in [1.29, 1.82) is 0 Å². The van der Waals surface area contributed by atoms with E-state index in [9.17, 15) is 0 Å². The highest BCUT2D eigenvalue weighted by atomic mass is 32.1. The zero-order valence-corrected chi connectivity index (χ0v) is 11.0. The molecule has 0 aliphatic carbocycles. The standard InChI is InChI=1S/C12H15N3OS/c1-8-4-5-9(2)10(6-8)16-7-11-13-14-12(17)15(11)3/h4-6H,7H2,1-3H3,(H,14,17). The van der Waals surface area contributed by atoms with Gasteiger partial charge >= 0.3 is 0 Å². The highest BCUT2D eigenvalue weighted by molar-refractivity contribution is 7.71. The molecule has 1 aromatic heterocycles. The Hall–Kier alpha value is -1.62. The van der Waals surface area contributed by atoms with Crippen molar-refractivity contribution in [3.63, 3.8) is 0 Å². The van der Waals surface area contributed by atoms with Crippen LogP contribution in [0.5, 0.6) is 5.75 Å². The SMILES string of the molecule is Cc1ccc(C)c(OCc2n[nH]c(=S)n2C)c1. The summed E-state index contributed by atoms with van der Waals surface area (Å²) in [7, 11) is 1.87. The molecule has 1 N–H and O–H groups in total. The predicted octanol–water partition coefficient (Wildman–Crippen LogP) is 2.67. The first-order valence-electron chi connectivity index (χ1n) is 5.38. The fourth-order valence-electron chi connectivity index (χ4n) is 1.51. The summed E-state index contributed by atoms with van der Waals surface area (Å²) in [4.78, 5) is 0. The van der Waals surface area contributed by atoms with E-state index in [0.717, 1.165) is 17.1 Å². The van der Waals surface area contributed by atoms with Crippen molar-refractivity contribution in [2.75, 3.05) is 0 Å². The van der Waals surface area contributed by atoms with Gasteiger partial charge in [-0.25, -0.2) is 0 Å². The molecule has 0 aliphatic heterocycles. The van der Waals surface area contributed by atoms with Gasteiger partial charge in [-0.15, -0.1) is 0 Å². The molecule has 5 heteroatoms. The Bertz CT molecular complexity index is 586. The first-order valence-corrected chi connectivity index (χ1v) is 5.79. The molecule has 2 rings (SSSR count). The summed E-state index contributed by atoms with van der Waals surface area (Å²) in [6.45, 7) is 4.48. The molecule has 0 atom stereocenters.